The van der Waals surface area contributed by atoms with Crippen LogP contribution in [0.4, 0.5) is 0 Å². The van der Waals surface area contributed by atoms with Gasteiger partial charge in [-0.3, -0.25) is 10.5 Å². The van der Waals surface area contributed by atoms with Gasteiger partial charge in [0.25, 0.3) is 0 Å². The van der Waals surface area contributed by atoms with E-state index < -0.39 is 0 Å². The molecule has 92 valence electrons. The highest BCUT2D eigenvalue weighted by Gasteiger charge is 2.18. The maximum Gasteiger partial charge on any atom is 0.0913 e. The highest BCUT2D eigenvalue weighted by molar-refractivity contribution is 7.17. The van der Waals surface area contributed by atoms with Crippen molar-refractivity contribution in [3.63, 3.8) is 0 Å². The summed E-state index contributed by atoms with van der Waals surface area (Å²) < 4.78 is 3.05. The Morgan fingerprint density at radius 2 is 2.17 bits per heavy atom. The summed E-state index contributed by atoms with van der Waals surface area (Å²) in [4.78, 5) is 0. The normalized spacial score (nSPS) is 13.0. The van der Waals surface area contributed by atoms with Gasteiger partial charge in [-0.2, -0.15) is 5.10 Å². The molecule has 3 aromatic rings. The number of fused-ring (bicyclic) bond motifs is 1. The second-order valence-electron chi connectivity index (χ2n) is 4.20. The second-order valence-corrected chi connectivity index (χ2v) is 5.11. The third kappa shape index (κ3) is 1.82. The van der Waals surface area contributed by atoms with Gasteiger partial charge < -0.3 is 0 Å². The topological polar surface area (TPSA) is 55.9 Å². The summed E-state index contributed by atoms with van der Waals surface area (Å²) in [5.41, 5.74) is 4.97. The monoisotopic (exact) mass is 258 g/mol. The Labute approximate surface area is 109 Å². The van der Waals surface area contributed by atoms with E-state index in [4.69, 9.17) is 5.84 Å². The third-order valence-electron chi connectivity index (χ3n) is 3.02. The minimum atomic E-state index is -0.0673. The molecular formula is C13H14N4S. The van der Waals surface area contributed by atoms with Gasteiger partial charge in [0.05, 0.1) is 11.7 Å². The quantitative estimate of drug-likeness (QED) is 0.559. The van der Waals surface area contributed by atoms with Crippen molar-refractivity contribution in [2.24, 2.45) is 12.9 Å². The van der Waals surface area contributed by atoms with E-state index in [1.807, 2.05) is 31.4 Å². The van der Waals surface area contributed by atoms with Crippen LogP contribution in [0.2, 0.25) is 0 Å². The van der Waals surface area contributed by atoms with Crippen LogP contribution >= 0.6 is 11.3 Å². The number of hydrogen-bond donors (Lipinski definition) is 2. The molecule has 18 heavy (non-hydrogen) atoms. The molecule has 0 saturated carbocycles. The second kappa shape index (κ2) is 4.53. The number of nitrogens with one attached hydrogen (secondary N) is 1. The number of aryl methyl sites for hydroxylation is 1. The fourth-order valence-corrected chi connectivity index (χ4v) is 3.13. The Hall–Kier alpha value is -1.69. The molecule has 0 aliphatic carbocycles. The molecule has 1 aromatic carbocycles. The number of rotatable bonds is 3. The first-order valence-corrected chi connectivity index (χ1v) is 6.59. The van der Waals surface area contributed by atoms with Crippen molar-refractivity contribution < 1.29 is 0 Å². The molecule has 0 spiro atoms. The summed E-state index contributed by atoms with van der Waals surface area (Å²) >= 11 is 1.73. The lowest BCUT2D eigenvalue weighted by Crippen LogP contribution is -2.29. The minimum Gasteiger partial charge on any atom is -0.275 e. The first kappa shape index (κ1) is 11.4. The van der Waals surface area contributed by atoms with Crippen LogP contribution in [0.25, 0.3) is 10.1 Å². The SMILES string of the molecule is Cn1ccc(C(NN)c2csc3ccccc23)n1. The van der Waals surface area contributed by atoms with Gasteiger partial charge >= 0.3 is 0 Å². The highest BCUT2D eigenvalue weighted by atomic mass is 32.1. The molecule has 0 fully saturated rings. The predicted octanol–water partition coefficient (Wildman–Crippen LogP) is 2.19. The molecule has 0 amide bonds. The zero-order chi connectivity index (χ0) is 12.5. The summed E-state index contributed by atoms with van der Waals surface area (Å²) in [6.45, 7) is 0. The Bertz CT molecular complexity index is 670. The van der Waals surface area contributed by atoms with Gasteiger partial charge in [0.15, 0.2) is 0 Å². The van der Waals surface area contributed by atoms with Crippen LogP contribution in [0.15, 0.2) is 41.9 Å². The summed E-state index contributed by atoms with van der Waals surface area (Å²) in [5, 5.41) is 7.80. The smallest absolute Gasteiger partial charge is 0.0913 e. The number of thiophene rings is 1. The molecule has 1 atom stereocenters. The number of aromatic nitrogens is 2. The zero-order valence-electron chi connectivity index (χ0n) is 10.00. The largest absolute Gasteiger partial charge is 0.275 e. The van der Waals surface area contributed by atoms with Gasteiger partial charge in [-0.1, -0.05) is 18.2 Å². The molecule has 5 heteroatoms. The maximum absolute atomic E-state index is 5.70. The fourth-order valence-electron chi connectivity index (χ4n) is 2.14. The number of hydrazine groups is 1. The van der Waals surface area contributed by atoms with Crippen molar-refractivity contribution in [1.82, 2.24) is 15.2 Å². The molecule has 3 N–H and O–H groups in total. The molecule has 1 unspecified atom stereocenters. The highest BCUT2D eigenvalue weighted by Crippen LogP contribution is 2.32. The number of nitrogens with zero attached hydrogens (tertiary/aromatic N) is 2. The van der Waals surface area contributed by atoms with Crippen molar-refractivity contribution in [1.29, 1.82) is 0 Å². The molecule has 4 nitrogen and oxygen atoms in total. The van der Waals surface area contributed by atoms with Crippen LogP contribution in [0.1, 0.15) is 17.3 Å². The fraction of sp³-hybridized carbons (Fsp3) is 0.154. The number of hydrogen-bond acceptors (Lipinski definition) is 4. The van der Waals surface area contributed by atoms with E-state index in [0.717, 1.165) is 5.69 Å². The van der Waals surface area contributed by atoms with E-state index in [-0.39, 0.29) is 6.04 Å². The lowest BCUT2D eigenvalue weighted by molar-refractivity contribution is 0.608. The van der Waals surface area contributed by atoms with Crippen LogP contribution in [0.5, 0.6) is 0 Å². The predicted molar refractivity (Wildman–Crippen MR) is 74.2 cm³/mol. The van der Waals surface area contributed by atoms with Crippen molar-refractivity contribution in [2.45, 2.75) is 6.04 Å². The van der Waals surface area contributed by atoms with Crippen molar-refractivity contribution in [3.8, 4) is 0 Å². The van der Waals surface area contributed by atoms with Crippen LogP contribution in [0.3, 0.4) is 0 Å². The molecule has 0 bridgehead atoms. The van der Waals surface area contributed by atoms with Crippen LogP contribution in [0, 0.1) is 0 Å². The Balaban J connectivity index is 2.11. The number of nitrogens with two attached hydrogens (primary N) is 1. The summed E-state index contributed by atoms with van der Waals surface area (Å²) in [6.07, 6.45) is 1.92. The van der Waals surface area contributed by atoms with Crippen molar-refractivity contribution in [3.05, 3.63) is 53.2 Å². The van der Waals surface area contributed by atoms with Crippen molar-refractivity contribution >= 4 is 21.4 Å². The van der Waals surface area contributed by atoms with Gasteiger partial charge in [-0.15, -0.1) is 11.3 Å². The molecule has 2 aromatic heterocycles. The summed E-state index contributed by atoms with van der Waals surface area (Å²) in [6, 6.07) is 10.3. The van der Waals surface area contributed by atoms with E-state index in [1.165, 1.54) is 15.6 Å². The van der Waals surface area contributed by atoms with Crippen LogP contribution < -0.4 is 11.3 Å². The average Bonchev–Trinajstić information content (AvgIpc) is 2.98. The van der Waals surface area contributed by atoms with Gasteiger partial charge in [-0.25, -0.2) is 5.43 Å². The molecule has 3 rings (SSSR count). The van der Waals surface area contributed by atoms with Crippen LogP contribution in [-0.4, -0.2) is 9.78 Å². The molecule has 0 aliphatic rings. The lowest BCUT2D eigenvalue weighted by Gasteiger charge is -2.12. The zero-order valence-corrected chi connectivity index (χ0v) is 10.8. The van der Waals surface area contributed by atoms with E-state index in [9.17, 15) is 0 Å². The van der Waals surface area contributed by atoms with Gasteiger partial charge in [0.1, 0.15) is 0 Å². The molecular weight excluding hydrogens is 244 g/mol. The van der Waals surface area contributed by atoms with E-state index in [1.54, 1.807) is 16.0 Å². The third-order valence-corrected chi connectivity index (χ3v) is 4.00. The van der Waals surface area contributed by atoms with Crippen molar-refractivity contribution in [2.75, 3.05) is 0 Å². The lowest BCUT2D eigenvalue weighted by atomic mass is 10.0. The Kier molecular flexibility index (Phi) is 2.87. The standard InChI is InChI=1S/C13H14N4S/c1-17-7-6-11(16-17)13(15-14)10-8-18-12-5-3-2-4-9(10)12/h2-8,13,15H,14H2,1H3. The van der Waals surface area contributed by atoms with Gasteiger partial charge in [-0.05, 0) is 28.5 Å². The molecule has 0 radical (unpaired) electrons. The Morgan fingerprint density at radius 1 is 1.33 bits per heavy atom. The van der Waals surface area contributed by atoms with E-state index >= 15 is 0 Å². The first-order valence-electron chi connectivity index (χ1n) is 5.71. The van der Waals surface area contributed by atoms with Gasteiger partial charge in [0.2, 0.25) is 0 Å². The number of benzene rings is 1. The maximum atomic E-state index is 5.70. The van der Waals surface area contributed by atoms with E-state index in [0.29, 0.717) is 0 Å². The summed E-state index contributed by atoms with van der Waals surface area (Å²) in [7, 11) is 1.91. The van der Waals surface area contributed by atoms with Crippen LogP contribution in [-0.2, 0) is 7.05 Å². The molecule has 0 aliphatic heterocycles. The Morgan fingerprint density at radius 3 is 2.89 bits per heavy atom. The minimum absolute atomic E-state index is 0.0673. The van der Waals surface area contributed by atoms with E-state index in [2.05, 4.69) is 28.0 Å². The average molecular weight is 258 g/mol. The molecule has 0 saturated heterocycles. The summed E-state index contributed by atoms with van der Waals surface area (Å²) in [5.74, 6) is 5.70. The first-order chi connectivity index (χ1) is 8.79. The van der Waals surface area contributed by atoms with Gasteiger partial charge in [0, 0.05) is 17.9 Å². The molecule has 2 heterocycles.